The molecule has 0 saturated heterocycles. The van der Waals surface area contributed by atoms with Crippen LogP contribution in [0.5, 0.6) is 0 Å². The van der Waals surface area contributed by atoms with E-state index in [2.05, 4.69) is 5.32 Å². The summed E-state index contributed by atoms with van der Waals surface area (Å²) in [6.07, 6.45) is 1.02. The molecule has 0 aliphatic carbocycles. The maximum Gasteiger partial charge on any atom is 0.245 e. The quantitative estimate of drug-likeness (QED) is 0.825. The first kappa shape index (κ1) is 20.5. The number of hydrogen-bond donors (Lipinski definition) is 1. The summed E-state index contributed by atoms with van der Waals surface area (Å²) in [5.74, 6) is -0.269. The maximum atomic E-state index is 12.7. The molecule has 0 radical (unpaired) electrons. The fraction of sp³-hybridized carbons (Fsp3) is 0.300. The minimum atomic E-state index is -3.75. The van der Waals surface area contributed by atoms with Gasteiger partial charge in [0.15, 0.2) is 0 Å². The summed E-state index contributed by atoms with van der Waals surface area (Å²) in [6.45, 7) is 5.52. The fourth-order valence-electron chi connectivity index (χ4n) is 2.82. The Morgan fingerprint density at radius 3 is 2.44 bits per heavy atom. The molecule has 6 nitrogen and oxygen atoms in total. The van der Waals surface area contributed by atoms with Gasteiger partial charge in [-0.1, -0.05) is 44.2 Å². The van der Waals surface area contributed by atoms with Gasteiger partial charge in [0.05, 0.1) is 17.5 Å². The zero-order chi connectivity index (χ0) is 20.2. The van der Waals surface area contributed by atoms with Crippen molar-refractivity contribution in [2.75, 3.05) is 22.4 Å². The van der Waals surface area contributed by atoms with E-state index >= 15 is 0 Å². The van der Waals surface area contributed by atoms with Crippen LogP contribution in [0.4, 0.5) is 11.4 Å². The van der Waals surface area contributed by atoms with Crippen LogP contribution in [-0.4, -0.2) is 27.1 Å². The number of benzene rings is 2. The number of nitriles is 1. The smallest absolute Gasteiger partial charge is 0.245 e. The molecule has 7 heteroatoms. The van der Waals surface area contributed by atoms with Crippen molar-refractivity contribution in [2.45, 2.75) is 26.7 Å². The molecule has 1 N–H and O–H groups in total. The number of nitrogens with one attached hydrogen (secondary N) is 1. The minimum absolute atomic E-state index is 0.187. The van der Waals surface area contributed by atoms with E-state index in [1.807, 2.05) is 45.0 Å². The van der Waals surface area contributed by atoms with Crippen molar-refractivity contribution in [1.29, 1.82) is 5.26 Å². The molecule has 0 aliphatic rings. The Hall–Kier alpha value is -2.85. The lowest BCUT2D eigenvalue weighted by Crippen LogP contribution is -2.38. The van der Waals surface area contributed by atoms with Gasteiger partial charge in [0.2, 0.25) is 15.9 Å². The van der Waals surface area contributed by atoms with Crippen LogP contribution in [0.15, 0.2) is 42.5 Å². The average molecular weight is 385 g/mol. The first-order valence-corrected chi connectivity index (χ1v) is 10.4. The molecule has 142 valence electrons. The van der Waals surface area contributed by atoms with Gasteiger partial charge in [-0.3, -0.25) is 9.10 Å². The van der Waals surface area contributed by atoms with Gasteiger partial charge in [0.1, 0.15) is 12.6 Å². The lowest BCUT2D eigenvalue weighted by molar-refractivity contribution is -0.114. The predicted octanol–water partition coefficient (Wildman–Crippen LogP) is 3.39. The number of sulfonamides is 1. The van der Waals surface area contributed by atoms with Crippen LogP contribution in [0.1, 0.15) is 36.5 Å². The standard InChI is InChI=1S/C20H23N3O3S/c1-14(2)17-10-7-8-15(3)20(17)22-19(24)13-23(27(4,25)26)18-11-6-5-9-16(18)12-21/h5-11,14H,13H2,1-4H3,(H,22,24). The van der Waals surface area contributed by atoms with E-state index in [9.17, 15) is 18.5 Å². The summed E-state index contributed by atoms with van der Waals surface area (Å²) < 4.78 is 25.5. The van der Waals surface area contributed by atoms with Crippen LogP contribution in [-0.2, 0) is 14.8 Å². The predicted molar refractivity (Wildman–Crippen MR) is 107 cm³/mol. The van der Waals surface area contributed by atoms with Crippen LogP contribution in [0.25, 0.3) is 0 Å². The van der Waals surface area contributed by atoms with Crippen molar-refractivity contribution in [2.24, 2.45) is 0 Å². The van der Waals surface area contributed by atoms with Crippen molar-refractivity contribution in [3.8, 4) is 6.07 Å². The summed E-state index contributed by atoms with van der Waals surface area (Å²) >= 11 is 0. The van der Waals surface area contributed by atoms with Crippen molar-refractivity contribution in [3.63, 3.8) is 0 Å². The van der Waals surface area contributed by atoms with Crippen LogP contribution < -0.4 is 9.62 Å². The first-order chi connectivity index (χ1) is 12.6. The molecule has 0 atom stereocenters. The second kappa shape index (κ2) is 8.23. The number of anilines is 2. The van der Waals surface area contributed by atoms with E-state index in [4.69, 9.17) is 0 Å². The van der Waals surface area contributed by atoms with E-state index in [1.165, 1.54) is 12.1 Å². The van der Waals surface area contributed by atoms with Gasteiger partial charge >= 0.3 is 0 Å². The second-order valence-corrected chi connectivity index (χ2v) is 8.55. The minimum Gasteiger partial charge on any atom is -0.324 e. The molecule has 0 heterocycles. The van der Waals surface area contributed by atoms with E-state index in [0.29, 0.717) is 5.69 Å². The van der Waals surface area contributed by atoms with Gasteiger partial charge in [0.25, 0.3) is 0 Å². The largest absolute Gasteiger partial charge is 0.324 e. The number of nitrogens with zero attached hydrogens (tertiary/aromatic N) is 2. The monoisotopic (exact) mass is 385 g/mol. The van der Waals surface area contributed by atoms with Crippen molar-refractivity contribution in [3.05, 3.63) is 59.2 Å². The number of aryl methyl sites for hydroxylation is 1. The molecule has 2 rings (SSSR count). The molecule has 2 aromatic carbocycles. The fourth-order valence-corrected chi connectivity index (χ4v) is 3.69. The number of rotatable bonds is 6. The molecule has 0 fully saturated rings. The summed E-state index contributed by atoms with van der Waals surface area (Å²) in [6, 6.07) is 14.0. The van der Waals surface area contributed by atoms with Gasteiger partial charge in [-0.05, 0) is 36.1 Å². The topological polar surface area (TPSA) is 90.3 Å². The second-order valence-electron chi connectivity index (χ2n) is 6.64. The Morgan fingerprint density at radius 1 is 1.19 bits per heavy atom. The highest BCUT2D eigenvalue weighted by atomic mass is 32.2. The highest BCUT2D eigenvalue weighted by Crippen LogP contribution is 2.28. The third-order valence-electron chi connectivity index (χ3n) is 4.17. The van der Waals surface area contributed by atoms with Gasteiger partial charge < -0.3 is 5.32 Å². The number of para-hydroxylation sites is 2. The molecule has 27 heavy (non-hydrogen) atoms. The van der Waals surface area contributed by atoms with E-state index in [1.54, 1.807) is 12.1 Å². The Morgan fingerprint density at radius 2 is 1.85 bits per heavy atom. The summed E-state index contributed by atoms with van der Waals surface area (Å²) in [7, 11) is -3.75. The summed E-state index contributed by atoms with van der Waals surface area (Å²) in [4.78, 5) is 12.7. The molecule has 0 saturated carbocycles. The normalized spacial score (nSPS) is 11.1. The van der Waals surface area contributed by atoms with Crippen molar-refractivity contribution < 1.29 is 13.2 Å². The molecule has 0 aromatic heterocycles. The lowest BCUT2D eigenvalue weighted by atomic mass is 9.98. The molecule has 1 amide bonds. The highest BCUT2D eigenvalue weighted by Gasteiger charge is 2.24. The summed E-state index contributed by atoms with van der Waals surface area (Å²) in [5, 5.41) is 12.1. The van der Waals surface area contributed by atoms with Gasteiger partial charge in [-0.25, -0.2) is 8.42 Å². The van der Waals surface area contributed by atoms with E-state index < -0.39 is 22.5 Å². The number of hydrogen-bond acceptors (Lipinski definition) is 4. The number of carbonyl (C=O) groups is 1. The van der Waals surface area contributed by atoms with Crippen LogP contribution in [0, 0.1) is 18.3 Å². The zero-order valence-corrected chi connectivity index (χ0v) is 16.7. The van der Waals surface area contributed by atoms with E-state index in [-0.39, 0.29) is 17.2 Å². The maximum absolute atomic E-state index is 12.7. The van der Waals surface area contributed by atoms with Crippen LogP contribution >= 0.6 is 0 Å². The number of carbonyl (C=O) groups excluding carboxylic acids is 1. The van der Waals surface area contributed by atoms with Crippen LogP contribution in [0.3, 0.4) is 0 Å². The molecule has 0 spiro atoms. The number of amides is 1. The lowest BCUT2D eigenvalue weighted by Gasteiger charge is -2.23. The SMILES string of the molecule is Cc1cccc(C(C)C)c1NC(=O)CN(c1ccccc1C#N)S(C)(=O)=O. The molecule has 2 aromatic rings. The third-order valence-corrected chi connectivity index (χ3v) is 5.30. The molecular formula is C20H23N3O3S. The third kappa shape index (κ3) is 4.86. The molecular weight excluding hydrogens is 362 g/mol. The Labute approximate surface area is 160 Å². The molecule has 0 unspecified atom stereocenters. The average Bonchev–Trinajstić information content (AvgIpc) is 2.60. The van der Waals surface area contributed by atoms with Gasteiger partial charge in [-0.2, -0.15) is 5.26 Å². The van der Waals surface area contributed by atoms with Crippen molar-refractivity contribution >= 4 is 27.3 Å². The van der Waals surface area contributed by atoms with E-state index in [0.717, 1.165) is 21.7 Å². The zero-order valence-electron chi connectivity index (χ0n) is 15.9. The Balaban J connectivity index is 2.36. The van der Waals surface area contributed by atoms with Gasteiger partial charge in [0, 0.05) is 5.69 Å². The Bertz CT molecular complexity index is 992. The van der Waals surface area contributed by atoms with Crippen molar-refractivity contribution in [1.82, 2.24) is 0 Å². The first-order valence-electron chi connectivity index (χ1n) is 8.51. The van der Waals surface area contributed by atoms with Crippen LogP contribution in [0.2, 0.25) is 0 Å². The summed E-state index contributed by atoms with van der Waals surface area (Å²) in [5.41, 5.74) is 2.95. The van der Waals surface area contributed by atoms with Gasteiger partial charge in [-0.15, -0.1) is 0 Å². The Kier molecular flexibility index (Phi) is 6.24. The molecule has 0 aliphatic heterocycles. The highest BCUT2D eigenvalue weighted by molar-refractivity contribution is 7.92. The molecule has 0 bridgehead atoms.